The van der Waals surface area contributed by atoms with Crippen molar-refractivity contribution < 1.29 is 9.59 Å². The number of rotatable bonds is 6. The fourth-order valence-corrected chi connectivity index (χ4v) is 3.91. The Labute approximate surface area is 186 Å². The molecule has 0 fully saturated rings. The average Bonchev–Trinajstić information content (AvgIpc) is 3.27. The summed E-state index contributed by atoms with van der Waals surface area (Å²) in [5, 5.41) is 11.8. The van der Waals surface area contributed by atoms with E-state index in [0.717, 1.165) is 28.3 Å². The topological polar surface area (TPSA) is 81.8 Å². The van der Waals surface area contributed by atoms with E-state index < -0.39 is 11.7 Å². The van der Waals surface area contributed by atoms with Gasteiger partial charge in [0.05, 0.1) is 34.0 Å². The molecular weight excluding hydrogens is 402 g/mol. The molecule has 2 aromatic heterocycles. The SMILES string of the molecule is Cc1nn(-c2ccccc2)c(C)c1CNC(=O)C(=O)c1c(C)nn(-c2ccccc2)c1C. The number of amides is 1. The Morgan fingerprint density at radius 1 is 0.750 bits per heavy atom. The van der Waals surface area contributed by atoms with Crippen molar-refractivity contribution in [3.8, 4) is 11.4 Å². The highest BCUT2D eigenvalue weighted by molar-refractivity contribution is 6.43. The van der Waals surface area contributed by atoms with Crippen molar-refractivity contribution in [3.63, 3.8) is 0 Å². The van der Waals surface area contributed by atoms with Gasteiger partial charge in [-0.25, -0.2) is 9.36 Å². The van der Waals surface area contributed by atoms with Gasteiger partial charge in [-0.15, -0.1) is 0 Å². The van der Waals surface area contributed by atoms with Gasteiger partial charge in [-0.3, -0.25) is 9.59 Å². The van der Waals surface area contributed by atoms with E-state index in [1.807, 2.05) is 79.2 Å². The van der Waals surface area contributed by atoms with Gasteiger partial charge in [0, 0.05) is 17.8 Å². The van der Waals surface area contributed by atoms with E-state index in [1.54, 1.807) is 18.5 Å². The summed E-state index contributed by atoms with van der Waals surface area (Å²) in [4.78, 5) is 25.7. The number of hydrogen-bond acceptors (Lipinski definition) is 4. The Balaban J connectivity index is 1.53. The number of aromatic nitrogens is 4. The van der Waals surface area contributed by atoms with Crippen LogP contribution in [0.5, 0.6) is 0 Å². The van der Waals surface area contributed by atoms with Crippen LogP contribution >= 0.6 is 0 Å². The number of aryl methyl sites for hydroxylation is 2. The molecule has 7 nitrogen and oxygen atoms in total. The monoisotopic (exact) mass is 427 g/mol. The highest BCUT2D eigenvalue weighted by atomic mass is 16.2. The van der Waals surface area contributed by atoms with Crippen molar-refractivity contribution >= 4 is 11.7 Å². The largest absolute Gasteiger partial charge is 0.345 e. The van der Waals surface area contributed by atoms with Gasteiger partial charge in [0.1, 0.15) is 0 Å². The predicted octanol–water partition coefficient (Wildman–Crippen LogP) is 3.79. The lowest BCUT2D eigenvalue weighted by atomic mass is 10.1. The van der Waals surface area contributed by atoms with Crippen LogP contribution in [0, 0.1) is 27.7 Å². The van der Waals surface area contributed by atoms with Gasteiger partial charge >= 0.3 is 0 Å². The van der Waals surface area contributed by atoms with Crippen LogP contribution < -0.4 is 5.32 Å². The summed E-state index contributed by atoms with van der Waals surface area (Å²) in [7, 11) is 0. The smallest absolute Gasteiger partial charge is 0.292 e. The molecule has 0 aliphatic carbocycles. The molecule has 0 aliphatic heterocycles. The molecule has 2 aromatic carbocycles. The number of Topliss-reactive ketones (excluding diaryl/α,β-unsaturated/α-hetero) is 1. The van der Waals surface area contributed by atoms with Crippen LogP contribution in [0.25, 0.3) is 11.4 Å². The maximum atomic E-state index is 13.0. The zero-order valence-electron chi connectivity index (χ0n) is 18.6. The highest BCUT2D eigenvalue weighted by Crippen LogP contribution is 2.20. The molecule has 1 N–H and O–H groups in total. The lowest BCUT2D eigenvalue weighted by Crippen LogP contribution is -2.31. The van der Waals surface area contributed by atoms with Crippen LogP contribution in [0.1, 0.15) is 38.7 Å². The van der Waals surface area contributed by atoms with Crippen molar-refractivity contribution in [2.75, 3.05) is 0 Å². The van der Waals surface area contributed by atoms with Gasteiger partial charge in [0.2, 0.25) is 0 Å². The van der Waals surface area contributed by atoms with Gasteiger partial charge in [-0.1, -0.05) is 36.4 Å². The summed E-state index contributed by atoms with van der Waals surface area (Å²) in [5.41, 5.74) is 5.90. The molecule has 0 saturated carbocycles. The molecular formula is C25H25N5O2. The number of nitrogens with zero attached hydrogens (tertiary/aromatic N) is 4. The Morgan fingerprint density at radius 3 is 1.81 bits per heavy atom. The predicted molar refractivity (Wildman–Crippen MR) is 122 cm³/mol. The molecule has 0 bridgehead atoms. The summed E-state index contributed by atoms with van der Waals surface area (Å²) in [6, 6.07) is 19.3. The number of hydrogen-bond donors (Lipinski definition) is 1. The summed E-state index contributed by atoms with van der Waals surface area (Å²) >= 11 is 0. The minimum atomic E-state index is -0.657. The first kappa shape index (κ1) is 21.2. The number of benzene rings is 2. The molecule has 4 rings (SSSR count). The van der Waals surface area contributed by atoms with E-state index in [1.165, 1.54) is 0 Å². The molecule has 0 unspecified atom stereocenters. The first-order valence-corrected chi connectivity index (χ1v) is 10.4. The van der Waals surface area contributed by atoms with Gasteiger partial charge in [-0.2, -0.15) is 10.2 Å². The second kappa shape index (κ2) is 8.63. The average molecular weight is 428 g/mol. The molecule has 2 heterocycles. The molecule has 4 aromatic rings. The zero-order chi connectivity index (χ0) is 22.8. The Bertz CT molecular complexity index is 1290. The van der Waals surface area contributed by atoms with Gasteiger partial charge in [0.25, 0.3) is 11.7 Å². The number of nitrogens with one attached hydrogen (secondary N) is 1. The Hall–Kier alpha value is -4.00. The third-order valence-electron chi connectivity index (χ3n) is 5.59. The highest BCUT2D eigenvalue weighted by Gasteiger charge is 2.25. The fraction of sp³-hybridized carbons (Fsp3) is 0.200. The van der Waals surface area contributed by atoms with Gasteiger partial charge in [-0.05, 0) is 52.0 Å². The molecule has 0 atom stereocenters. The molecule has 0 saturated heterocycles. The molecule has 7 heteroatoms. The quantitative estimate of drug-likeness (QED) is 0.375. The van der Waals surface area contributed by atoms with Crippen molar-refractivity contribution in [2.24, 2.45) is 0 Å². The lowest BCUT2D eigenvalue weighted by Gasteiger charge is -2.07. The lowest BCUT2D eigenvalue weighted by molar-refractivity contribution is -0.117. The van der Waals surface area contributed by atoms with E-state index >= 15 is 0 Å². The van der Waals surface area contributed by atoms with E-state index in [4.69, 9.17) is 0 Å². The fourth-order valence-electron chi connectivity index (χ4n) is 3.91. The summed E-state index contributed by atoms with van der Waals surface area (Å²) < 4.78 is 3.53. The van der Waals surface area contributed by atoms with Crippen LogP contribution in [0.3, 0.4) is 0 Å². The van der Waals surface area contributed by atoms with Crippen molar-refractivity contribution in [1.82, 2.24) is 24.9 Å². The summed E-state index contributed by atoms with van der Waals surface area (Å²) in [5.74, 6) is -1.25. The van der Waals surface area contributed by atoms with Gasteiger partial charge < -0.3 is 5.32 Å². The number of para-hydroxylation sites is 2. The molecule has 1 amide bonds. The van der Waals surface area contributed by atoms with E-state index in [0.29, 0.717) is 17.0 Å². The minimum absolute atomic E-state index is 0.222. The first-order chi connectivity index (χ1) is 15.4. The molecule has 0 spiro atoms. The van der Waals surface area contributed by atoms with Crippen LogP contribution in [0.4, 0.5) is 0 Å². The number of ketones is 1. The Morgan fingerprint density at radius 2 is 1.25 bits per heavy atom. The second-order valence-electron chi connectivity index (χ2n) is 7.70. The van der Waals surface area contributed by atoms with Crippen molar-refractivity contribution in [3.05, 3.63) is 94.6 Å². The third-order valence-corrected chi connectivity index (χ3v) is 5.59. The van der Waals surface area contributed by atoms with Crippen LogP contribution in [-0.2, 0) is 11.3 Å². The Kier molecular flexibility index (Phi) is 5.73. The van der Waals surface area contributed by atoms with Gasteiger partial charge in [0.15, 0.2) is 0 Å². The molecule has 0 aliphatic rings. The van der Waals surface area contributed by atoms with E-state index in [2.05, 4.69) is 15.5 Å². The maximum absolute atomic E-state index is 13.0. The molecule has 0 radical (unpaired) electrons. The third kappa shape index (κ3) is 3.85. The normalized spacial score (nSPS) is 10.9. The van der Waals surface area contributed by atoms with Crippen molar-refractivity contribution in [2.45, 2.75) is 34.2 Å². The number of carbonyl (C=O) groups excluding carboxylic acids is 2. The number of carbonyl (C=O) groups is 2. The maximum Gasteiger partial charge on any atom is 0.292 e. The summed E-state index contributed by atoms with van der Waals surface area (Å²) in [6.07, 6.45) is 0. The van der Waals surface area contributed by atoms with Crippen LogP contribution in [0.2, 0.25) is 0 Å². The van der Waals surface area contributed by atoms with Crippen LogP contribution in [0.15, 0.2) is 60.7 Å². The van der Waals surface area contributed by atoms with Crippen molar-refractivity contribution in [1.29, 1.82) is 0 Å². The summed E-state index contributed by atoms with van der Waals surface area (Å²) in [6.45, 7) is 7.61. The zero-order valence-corrected chi connectivity index (χ0v) is 18.6. The standard InChI is InChI=1S/C25H25N5O2/c1-16-22(18(3)29(27-16)20-11-7-5-8-12-20)15-26-25(32)24(31)23-17(2)28-30(19(23)4)21-13-9-6-10-14-21/h5-14H,15H2,1-4H3,(H,26,32). The first-order valence-electron chi connectivity index (χ1n) is 10.4. The minimum Gasteiger partial charge on any atom is -0.345 e. The van der Waals surface area contributed by atoms with E-state index in [-0.39, 0.29) is 6.54 Å². The molecule has 162 valence electrons. The van der Waals surface area contributed by atoms with E-state index in [9.17, 15) is 9.59 Å². The molecule has 32 heavy (non-hydrogen) atoms. The second-order valence-corrected chi connectivity index (χ2v) is 7.70. The van der Waals surface area contributed by atoms with Crippen LogP contribution in [-0.4, -0.2) is 31.3 Å².